The Kier molecular flexibility index (Phi) is 5.00. The molecule has 2 aliphatic rings. The highest BCUT2D eigenvalue weighted by Gasteiger charge is 2.45. The Morgan fingerprint density at radius 2 is 1.60 bits per heavy atom. The molecule has 132 valence electrons. The first-order chi connectivity index (χ1) is 12.0. The van der Waals surface area contributed by atoms with Crippen LogP contribution in [0.4, 0.5) is 0 Å². The van der Waals surface area contributed by atoms with E-state index in [0.717, 1.165) is 29.0 Å². The van der Waals surface area contributed by atoms with Gasteiger partial charge < -0.3 is 10.1 Å². The molecule has 0 aliphatic carbocycles. The monoisotopic (exact) mass is 395 g/mol. The predicted octanol–water partition coefficient (Wildman–Crippen LogP) is 5.97. The summed E-state index contributed by atoms with van der Waals surface area (Å²) in [6.45, 7) is 0.552. The van der Waals surface area contributed by atoms with Gasteiger partial charge in [0, 0.05) is 17.1 Å². The third-order valence-corrected chi connectivity index (χ3v) is 6.35. The molecule has 0 radical (unpaired) electrons. The van der Waals surface area contributed by atoms with Crippen LogP contribution in [0.1, 0.15) is 36.8 Å². The molecule has 2 bridgehead atoms. The number of fused-ring (bicyclic) bond motifs is 2. The molecule has 25 heavy (non-hydrogen) atoms. The lowest BCUT2D eigenvalue weighted by atomic mass is 9.81. The molecule has 2 heterocycles. The van der Waals surface area contributed by atoms with Gasteiger partial charge in [0.15, 0.2) is 0 Å². The van der Waals surface area contributed by atoms with E-state index in [0.29, 0.717) is 28.7 Å². The molecule has 0 aromatic heterocycles. The van der Waals surface area contributed by atoms with Crippen molar-refractivity contribution in [2.45, 2.75) is 50.0 Å². The molecule has 3 atom stereocenters. The summed E-state index contributed by atoms with van der Waals surface area (Å²) in [5.74, 6) is 0. The molecule has 2 aromatic carbocycles. The summed E-state index contributed by atoms with van der Waals surface area (Å²) >= 11 is 18.4. The Balaban J connectivity index is 1.63. The Morgan fingerprint density at radius 1 is 0.920 bits per heavy atom. The number of hydrogen-bond donors (Lipinski definition) is 1. The number of ether oxygens (including phenoxy) is 1. The first kappa shape index (κ1) is 17.6. The quantitative estimate of drug-likeness (QED) is 0.687. The molecule has 1 N–H and O–H groups in total. The van der Waals surface area contributed by atoms with Crippen LogP contribution >= 0.6 is 34.8 Å². The maximum Gasteiger partial charge on any atom is 0.0966 e. The van der Waals surface area contributed by atoms with E-state index in [9.17, 15) is 0 Å². The zero-order valence-electron chi connectivity index (χ0n) is 13.8. The number of hydrogen-bond acceptors (Lipinski definition) is 2. The Hall–Kier alpha value is -0.770. The summed E-state index contributed by atoms with van der Waals surface area (Å²) in [6.07, 6.45) is 4.32. The van der Waals surface area contributed by atoms with Gasteiger partial charge in [-0.2, -0.15) is 0 Å². The van der Waals surface area contributed by atoms with Crippen LogP contribution in [0.3, 0.4) is 0 Å². The summed E-state index contributed by atoms with van der Waals surface area (Å²) in [6, 6.07) is 14.7. The number of rotatable bonds is 4. The molecule has 2 aromatic rings. The summed E-state index contributed by atoms with van der Waals surface area (Å²) in [5, 5.41) is 5.59. The van der Waals surface area contributed by atoms with Crippen LogP contribution in [0.15, 0.2) is 42.5 Å². The smallest absolute Gasteiger partial charge is 0.0966 e. The lowest BCUT2D eigenvalue weighted by Crippen LogP contribution is -2.48. The van der Waals surface area contributed by atoms with Crippen molar-refractivity contribution in [3.63, 3.8) is 0 Å². The highest BCUT2D eigenvalue weighted by molar-refractivity contribution is 6.42. The third-order valence-electron chi connectivity index (χ3n) is 5.36. The molecular weight excluding hydrogens is 377 g/mol. The van der Waals surface area contributed by atoms with Crippen LogP contribution in [-0.2, 0) is 16.9 Å². The Bertz CT molecular complexity index is 750. The van der Waals surface area contributed by atoms with Crippen molar-refractivity contribution in [2.75, 3.05) is 0 Å². The highest BCUT2D eigenvalue weighted by atomic mass is 35.5. The van der Waals surface area contributed by atoms with Crippen LogP contribution in [0, 0.1) is 0 Å². The van der Waals surface area contributed by atoms with E-state index in [1.54, 1.807) is 0 Å². The molecule has 2 fully saturated rings. The lowest BCUT2D eigenvalue weighted by molar-refractivity contribution is -0.0928. The van der Waals surface area contributed by atoms with Crippen molar-refractivity contribution in [3.8, 4) is 0 Å². The fourth-order valence-corrected chi connectivity index (χ4v) is 4.55. The summed E-state index contributed by atoms with van der Waals surface area (Å²) in [7, 11) is 0. The number of halogens is 3. The van der Waals surface area contributed by atoms with Gasteiger partial charge >= 0.3 is 0 Å². The number of piperidine rings is 1. The van der Waals surface area contributed by atoms with E-state index < -0.39 is 0 Å². The average Bonchev–Trinajstić information content (AvgIpc) is 2.95. The second kappa shape index (κ2) is 7.09. The van der Waals surface area contributed by atoms with Gasteiger partial charge in [0.2, 0.25) is 0 Å². The van der Waals surface area contributed by atoms with Crippen LogP contribution < -0.4 is 5.32 Å². The molecule has 0 saturated carbocycles. The third kappa shape index (κ3) is 3.70. The molecule has 0 spiro atoms. The second-order valence-electron chi connectivity index (χ2n) is 7.08. The van der Waals surface area contributed by atoms with Gasteiger partial charge in [-0.05, 0) is 61.1 Å². The SMILES string of the molecule is Clc1ccc(COC2(c3ccc(Cl)c(Cl)c3)C[C@H]3CC[C@@H](C2)N3)cc1. The zero-order valence-corrected chi connectivity index (χ0v) is 16.0. The summed E-state index contributed by atoms with van der Waals surface area (Å²) in [5.41, 5.74) is 1.91. The van der Waals surface area contributed by atoms with Gasteiger partial charge in [0.1, 0.15) is 0 Å². The van der Waals surface area contributed by atoms with E-state index in [1.165, 1.54) is 12.8 Å². The maximum atomic E-state index is 6.57. The molecule has 2 saturated heterocycles. The van der Waals surface area contributed by atoms with Crippen molar-refractivity contribution in [1.82, 2.24) is 5.32 Å². The fourth-order valence-electron chi connectivity index (χ4n) is 4.12. The van der Waals surface area contributed by atoms with Crippen molar-refractivity contribution in [3.05, 3.63) is 68.7 Å². The van der Waals surface area contributed by atoms with Gasteiger partial charge in [-0.1, -0.05) is 53.0 Å². The molecule has 0 amide bonds. The summed E-state index contributed by atoms with van der Waals surface area (Å²) in [4.78, 5) is 0. The van der Waals surface area contributed by atoms with Gasteiger partial charge in [0.25, 0.3) is 0 Å². The fraction of sp³-hybridized carbons (Fsp3) is 0.400. The molecular formula is C20H20Cl3NO. The molecule has 2 nitrogen and oxygen atoms in total. The van der Waals surface area contributed by atoms with Crippen LogP contribution in [0.25, 0.3) is 0 Å². The van der Waals surface area contributed by atoms with Crippen molar-refractivity contribution >= 4 is 34.8 Å². The largest absolute Gasteiger partial charge is 0.365 e. The van der Waals surface area contributed by atoms with E-state index in [4.69, 9.17) is 39.5 Å². The average molecular weight is 397 g/mol. The van der Waals surface area contributed by atoms with Gasteiger partial charge in [-0.25, -0.2) is 0 Å². The molecule has 1 unspecified atom stereocenters. The van der Waals surface area contributed by atoms with E-state index in [1.807, 2.05) is 36.4 Å². The normalized spacial score (nSPS) is 28.3. The first-order valence-corrected chi connectivity index (χ1v) is 9.77. The molecule has 5 heteroatoms. The highest BCUT2D eigenvalue weighted by Crippen LogP contribution is 2.45. The maximum absolute atomic E-state index is 6.57. The standard InChI is InChI=1S/C20H20Cl3NO/c21-15-4-1-13(2-5-15)12-25-20(10-16-6-7-17(11-20)24-16)14-3-8-18(22)19(23)9-14/h1-5,8-9,16-17,24H,6-7,10-12H2/t16-,17+,20?. The van der Waals surface area contributed by atoms with Crippen molar-refractivity contribution < 1.29 is 4.74 Å². The Labute approximate surface area is 163 Å². The Morgan fingerprint density at radius 3 is 2.24 bits per heavy atom. The van der Waals surface area contributed by atoms with Crippen LogP contribution in [0.2, 0.25) is 15.1 Å². The number of nitrogens with one attached hydrogen (secondary N) is 1. The minimum absolute atomic E-state index is 0.328. The van der Waals surface area contributed by atoms with E-state index in [2.05, 4.69) is 11.4 Å². The topological polar surface area (TPSA) is 21.3 Å². The minimum Gasteiger partial charge on any atom is -0.365 e. The van der Waals surface area contributed by atoms with E-state index >= 15 is 0 Å². The minimum atomic E-state index is -0.328. The number of benzene rings is 2. The predicted molar refractivity (Wildman–Crippen MR) is 104 cm³/mol. The van der Waals surface area contributed by atoms with Gasteiger partial charge in [-0.15, -0.1) is 0 Å². The van der Waals surface area contributed by atoms with Gasteiger partial charge in [0.05, 0.1) is 22.3 Å². The lowest BCUT2D eigenvalue weighted by Gasteiger charge is -2.42. The van der Waals surface area contributed by atoms with E-state index in [-0.39, 0.29) is 5.60 Å². The van der Waals surface area contributed by atoms with Crippen molar-refractivity contribution in [2.24, 2.45) is 0 Å². The van der Waals surface area contributed by atoms with Crippen LogP contribution in [-0.4, -0.2) is 12.1 Å². The van der Waals surface area contributed by atoms with Crippen LogP contribution in [0.5, 0.6) is 0 Å². The van der Waals surface area contributed by atoms with Gasteiger partial charge in [-0.3, -0.25) is 0 Å². The zero-order chi connectivity index (χ0) is 17.4. The first-order valence-electron chi connectivity index (χ1n) is 8.64. The molecule has 2 aliphatic heterocycles. The van der Waals surface area contributed by atoms with Crippen molar-refractivity contribution in [1.29, 1.82) is 0 Å². The second-order valence-corrected chi connectivity index (χ2v) is 8.34. The summed E-state index contributed by atoms with van der Waals surface area (Å²) < 4.78 is 6.57. The molecule has 4 rings (SSSR count).